The maximum atomic E-state index is 11.6. The van der Waals surface area contributed by atoms with Crippen LogP contribution in [0.25, 0.3) is 16.8 Å². The number of carbonyl (C=O) groups is 1. The first kappa shape index (κ1) is 20.1. The molecular weight excluding hydrogens is 398 g/mol. The summed E-state index contributed by atoms with van der Waals surface area (Å²) in [5, 5.41) is 5.31. The summed E-state index contributed by atoms with van der Waals surface area (Å²) < 4.78 is 7.32. The van der Waals surface area contributed by atoms with Crippen molar-refractivity contribution in [2.45, 2.75) is 25.7 Å². The molecular formula is C24H22ClN3O2. The van der Waals surface area contributed by atoms with Gasteiger partial charge < -0.3 is 4.74 Å². The Hall–Kier alpha value is -3.18. The van der Waals surface area contributed by atoms with Gasteiger partial charge in [-0.25, -0.2) is 9.50 Å². The molecule has 152 valence electrons. The van der Waals surface area contributed by atoms with E-state index in [4.69, 9.17) is 16.3 Å². The molecule has 0 amide bonds. The van der Waals surface area contributed by atoms with E-state index in [-0.39, 0.29) is 12.6 Å². The van der Waals surface area contributed by atoms with Gasteiger partial charge in [0.2, 0.25) is 0 Å². The number of ether oxygens (including phenoxy) is 1. The molecule has 0 radical (unpaired) electrons. The van der Waals surface area contributed by atoms with Gasteiger partial charge in [-0.05, 0) is 35.7 Å². The number of esters is 1. The van der Waals surface area contributed by atoms with E-state index in [0.717, 1.165) is 28.0 Å². The summed E-state index contributed by atoms with van der Waals surface area (Å²) in [6.45, 7) is 3.76. The number of halogens is 1. The van der Waals surface area contributed by atoms with Crippen LogP contribution >= 0.6 is 11.6 Å². The number of carbonyl (C=O) groups excluding carboxylic acids is 1. The van der Waals surface area contributed by atoms with E-state index in [1.54, 1.807) is 6.20 Å². The van der Waals surface area contributed by atoms with Gasteiger partial charge in [0.15, 0.2) is 5.65 Å². The standard InChI is InChI=1S/C24H22ClN3O2/c1-17(29)30-16-24(2,14-18-6-4-3-5-7-18)22-12-13-26-23-21(15-27-28(22)23)19-8-10-20(25)11-9-19/h3-13,15H,14,16H2,1-2H3. The monoisotopic (exact) mass is 419 g/mol. The zero-order valence-electron chi connectivity index (χ0n) is 16.9. The molecule has 1 unspecified atom stereocenters. The minimum Gasteiger partial charge on any atom is -0.465 e. The highest BCUT2D eigenvalue weighted by Gasteiger charge is 2.32. The van der Waals surface area contributed by atoms with Gasteiger partial charge in [-0.3, -0.25) is 4.79 Å². The van der Waals surface area contributed by atoms with Crippen molar-refractivity contribution < 1.29 is 9.53 Å². The second-order valence-electron chi connectivity index (χ2n) is 7.63. The lowest BCUT2D eigenvalue weighted by atomic mass is 9.81. The molecule has 0 bridgehead atoms. The maximum Gasteiger partial charge on any atom is 0.302 e. The van der Waals surface area contributed by atoms with Gasteiger partial charge in [0.05, 0.1) is 11.9 Å². The molecule has 0 aliphatic rings. The second-order valence-corrected chi connectivity index (χ2v) is 8.07. The Morgan fingerprint density at radius 3 is 2.53 bits per heavy atom. The smallest absolute Gasteiger partial charge is 0.302 e. The van der Waals surface area contributed by atoms with Crippen LogP contribution in [-0.2, 0) is 21.4 Å². The summed E-state index contributed by atoms with van der Waals surface area (Å²) in [6, 6.07) is 19.7. The molecule has 5 nitrogen and oxygen atoms in total. The molecule has 0 spiro atoms. The second kappa shape index (κ2) is 8.28. The Morgan fingerprint density at radius 2 is 1.83 bits per heavy atom. The minimum atomic E-state index is -0.489. The third kappa shape index (κ3) is 4.07. The summed E-state index contributed by atoms with van der Waals surface area (Å²) in [4.78, 5) is 16.2. The Balaban J connectivity index is 1.81. The summed E-state index contributed by atoms with van der Waals surface area (Å²) in [7, 11) is 0. The molecule has 0 aliphatic carbocycles. The Kier molecular flexibility index (Phi) is 5.55. The quantitative estimate of drug-likeness (QED) is 0.407. The van der Waals surface area contributed by atoms with Gasteiger partial charge in [0.25, 0.3) is 0 Å². The first-order valence-electron chi connectivity index (χ1n) is 9.73. The molecule has 0 fully saturated rings. The molecule has 30 heavy (non-hydrogen) atoms. The summed E-state index contributed by atoms with van der Waals surface area (Å²) in [5.41, 5.74) is 4.25. The molecule has 4 rings (SSSR count). The van der Waals surface area contributed by atoms with Crippen LogP contribution in [0.1, 0.15) is 25.1 Å². The fourth-order valence-electron chi connectivity index (χ4n) is 3.70. The third-order valence-electron chi connectivity index (χ3n) is 5.21. The molecule has 1 atom stereocenters. The van der Waals surface area contributed by atoms with Gasteiger partial charge in [-0.15, -0.1) is 0 Å². The zero-order chi connectivity index (χ0) is 21.1. The van der Waals surface area contributed by atoms with Crippen molar-refractivity contribution in [1.82, 2.24) is 14.6 Å². The van der Waals surface area contributed by atoms with E-state index < -0.39 is 5.41 Å². The van der Waals surface area contributed by atoms with Crippen molar-refractivity contribution in [3.63, 3.8) is 0 Å². The molecule has 0 N–H and O–H groups in total. The van der Waals surface area contributed by atoms with Crippen LogP contribution in [-0.4, -0.2) is 27.2 Å². The average molecular weight is 420 g/mol. The van der Waals surface area contributed by atoms with E-state index >= 15 is 0 Å². The summed E-state index contributed by atoms with van der Waals surface area (Å²) in [5.74, 6) is -0.304. The molecule has 2 aromatic heterocycles. The first-order valence-corrected chi connectivity index (χ1v) is 10.1. The fraction of sp³-hybridized carbons (Fsp3) is 0.208. The molecule has 6 heteroatoms. The lowest BCUT2D eigenvalue weighted by Gasteiger charge is -2.30. The van der Waals surface area contributed by atoms with Crippen LogP contribution < -0.4 is 0 Å². The first-order chi connectivity index (χ1) is 14.5. The molecule has 4 aromatic rings. The predicted octanol–water partition coefficient (Wildman–Crippen LogP) is 5.11. The average Bonchev–Trinajstić information content (AvgIpc) is 3.18. The third-order valence-corrected chi connectivity index (χ3v) is 5.46. The van der Waals surface area contributed by atoms with E-state index in [0.29, 0.717) is 11.4 Å². The van der Waals surface area contributed by atoms with Gasteiger partial charge in [0, 0.05) is 29.1 Å². The number of rotatable bonds is 6. The van der Waals surface area contributed by atoms with Crippen molar-refractivity contribution in [2.24, 2.45) is 0 Å². The summed E-state index contributed by atoms with van der Waals surface area (Å²) in [6.07, 6.45) is 4.28. The van der Waals surface area contributed by atoms with Crippen LogP contribution in [0.2, 0.25) is 5.02 Å². The molecule has 2 heterocycles. The number of hydrogen-bond donors (Lipinski definition) is 0. The Bertz CT molecular complexity index is 1170. The lowest BCUT2D eigenvalue weighted by Crippen LogP contribution is -2.34. The maximum absolute atomic E-state index is 11.6. The predicted molar refractivity (Wildman–Crippen MR) is 118 cm³/mol. The van der Waals surface area contributed by atoms with E-state index in [1.165, 1.54) is 6.92 Å². The van der Waals surface area contributed by atoms with Crippen LogP contribution in [0, 0.1) is 0 Å². The van der Waals surface area contributed by atoms with E-state index in [1.807, 2.05) is 59.2 Å². The topological polar surface area (TPSA) is 56.5 Å². The minimum absolute atomic E-state index is 0.243. The highest BCUT2D eigenvalue weighted by molar-refractivity contribution is 6.30. The molecule has 0 saturated heterocycles. The Labute approximate surface area is 180 Å². The number of hydrogen-bond acceptors (Lipinski definition) is 4. The highest BCUT2D eigenvalue weighted by Crippen LogP contribution is 2.32. The van der Waals surface area contributed by atoms with Crippen molar-refractivity contribution >= 4 is 23.2 Å². The normalized spacial score (nSPS) is 13.2. The SMILES string of the molecule is CC(=O)OCC(C)(Cc1ccccc1)c1ccnc2c(-c3ccc(Cl)cc3)cnn12. The highest BCUT2D eigenvalue weighted by atomic mass is 35.5. The number of aromatic nitrogens is 3. The molecule has 0 aliphatic heterocycles. The largest absolute Gasteiger partial charge is 0.465 e. The van der Waals surface area contributed by atoms with E-state index in [9.17, 15) is 4.79 Å². The van der Waals surface area contributed by atoms with Crippen LogP contribution in [0.15, 0.2) is 73.1 Å². The fourth-order valence-corrected chi connectivity index (χ4v) is 3.83. The van der Waals surface area contributed by atoms with Crippen molar-refractivity contribution in [1.29, 1.82) is 0 Å². The number of nitrogens with zero attached hydrogens (tertiary/aromatic N) is 3. The van der Waals surface area contributed by atoms with Crippen molar-refractivity contribution in [2.75, 3.05) is 6.61 Å². The van der Waals surface area contributed by atoms with Gasteiger partial charge in [-0.1, -0.05) is 61.0 Å². The van der Waals surface area contributed by atoms with Crippen LogP contribution in [0.3, 0.4) is 0 Å². The molecule has 2 aromatic carbocycles. The Morgan fingerprint density at radius 1 is 1.10 bits per heavy atom. The van der Waals surface area contributed by atoms with Gasteiger partial charge in [0.1, 0.15) is 6.61 Å². The van der Waals surface area contributed by atoms with Gasteiger partial charge >= 0.3 is 5.97 Å². The summed E-state index contributed by atoms with van der Waals surface area (Å²) >= 11 is 6.04. The van der Waals surface area contributed by atoms with Crippen LogP contribution in [0.4, 0.5) is 0 Å². The zero-order valence-corrected chi connectivity index (χ0v) is 17.6. The van der Waals surface area contributed by atoms with Crippen LogP contribution in [0.5, 0.6) is 0 Å². The van der Waals surface area contributed by atoms with Crippen molar-refractivity contribution in [3.8, 4) is 11.1 Å². The van der Waals surface area contributed by atoms with Gasteiger partial charge in [-0.2, -0.15) is 5.10 Å². The number of benzene rings is 2. The van der Waals surface area contributed by atoms with Crippen molar-refractivity contribution in [3.05, 3.63) is 89.3 Å². The number of fused-ring (bicyclic) bond motifs is 1. The lowest BCUT2D eigenvalue weighted by molar-refractivity contribution is -0.142. The van der Waals surface area contributed by atoms with E-state index in [2.05, 4.69) is 29.1 Å². The molecule has 0 saturated carbocycles.